The fourth-order valence-electron chi connectivity index (χ4n) is 1.73. The van der Waals surface area contributed by atoms with E-state index in [1.165, 1.54) is 4.90 Å². The molecule has 0 saturated carbocycles. The number of anilines is 1. The monoisotopic (exact) mass is 310 g/mol. The van der Waals surface area contributed by atoms with Crippen LogP contribution in [0.4, 0.5) is 10.5 Å². The van der Waals surface area contributed by atoms with E-state index < -0.39 is 0 Å². The average Bonchev–Trinajstić information content (AvgIpc) is 2.55. The van der Waals surface area contributed by atoms with Crippen LogP contribution < -0.4 is 14.8 Å². The number of ether oxygens (including phenoxy) is 2. The number of terminal acetylenes is 1. The van der Waals surface area contributed by atoms with Gasteiger partial charge in [0.25, 0.3) is 0 Å². The lowest BCUT2D eigenvalue weighted by Gasteiger charge is -2.12. The van der Waals surface area contributed by atoms with Gasteiger partial charge in [0.2, 0.25) is 0 Å². The topological polar surface area (TPSA) is 50.8 Å². The molecule has 1 N–H and O–H groups in total. The maximum Gasteiger partial charge on any atom is 0.321 e. The van der Waals surface area contributed by atoms with Gasteiger partial charge in [-0.05, 0) is 36.4 Å². The van der Waals surface area contributed by atoms with Crippen molar-refractivity contribution in [3.63, 3.8) is 0 Å². The molecule has 0 fully saturated rings. The molecule has 2 rings (SSSR count). The third-order valence-electron chi connectivity index (χ3n) is 2.88. The molecule has 0 atom stereocenters. The molecule has 0 saturated heterocycles. The Labute approximate surface area is 135 Å². The van der Waals surface area contributed by atoms with Gasteiger partial charge in [0, 0.05) is 25.8 Å². The highest BCUT2D eigenvalue weighted by molar-refractivity contribution is 5.88. The Hall–Kier alpha value is -3.13. The van der Waals surface area contributed by atoms with Gasteiger partial charge in [0.1, 0.15) is 23.9 Å². The lowest BCUT2D eigenvalue weighted by atomic mass is 10.3. The SMILES string of the molecule is C#CCOc1cccc(Oc2ccc(NC(=O)N(C)C)cc2)c1. The average molecular weight is 310 g/mol. The van der Waals surface area contributed by atoms with Crippen LogP contribution >= 0.6 is 0 Å². The Morgan fingerprint density at radius 3 is 2.48 bits per heavy atom. The van der Waals surface area contributed by atoms with Crippen molar-refractivity contribution < 1.29 is 14.3 Å². The minimum absolute atomic E-state index is 0.183. The van der Waals surface area contributed by atoms with Crippen LogP contribution in [-0.4, -0.2) is 31.6 Å². The molecule has 0 aliphatic heterocycles. The molecule has 0 heterocycles. The highest BCUT2D eigenvalue weighted by atomic mass is 16.5. The second kappa shape index (κ2) is 7.76. The maximum absolute atomic E-state index is 11.6. The molecule has 2 amide bonds. The van der Waals surface area contributed by atoms with E-state index in [0.29, 0.717) is 22.9 Å². The number of hydrogen-bond donors (Lipinski definition) is 1. The molecule has 0 bridgehead atoms. The van der Waals surface area contributed by atoms with E-state index in [0.717, 1.165) is 0 Å². The van der Waals surface area contributed by atoms with Crippen molar-refractivity contribution in [1.82, 2.24) is 4.90 Å². The molecule has 0 aromatic heterocycles. The van der Waals surface area contributed by atoms with E-state index in [-0.39, 0.29) is 12.6 Å². The van der Waals surface area contributed by atoms with Crippen LogP contribution in [0.1, 0.15) is 0 Å². The normalized spacial score (nSPS) is 9.61. The van der Waals surface area contributed by atoms with Gasteiger partial charge in [0.05, 0.1) is 0 Å². The largest absolute Gasteiger partial charge is 0.481 e. The van der Waals surface area contributed by atoms with Gasteiger partial charge >= 0.3 is 6.03 Å². The Morgan fingerprint density at radius 2 is 1.83 bits per heavy atom. The standard InChI is InChI=1S/C18H18N2O3/c1-4-12-22-16-6-5-7-17(13-16)23-15-10-8-14(9-11-15)19-18(21)20(2)3/h1,5-11,13H,12H2,2-3H3,(H,19,21). The van der Waals surface area contributed by atoms with E-state index in [1.54, 1.807) is 44.4 Å². The van der Waals surface area contributed by atoms with Gasteiger partial charge in [-0.15, -0.1) is 6.42 Å². The summed E-state index contributed by atoms with van der Waals surface area (Å²) in [5, 5.41) is 2.76. The van der Waals surface area contributed by atoms with Crippen molar-refractivity contribution >= 4 is 11.7 Å². The number of nitrogens with zero attached hydrogens (tertiary/aromatic N) is 1. The third kappa shape index (κ3) is 4.97. The van der Waals surface area contributed by atoms with Gasteiger partial charge in [0.15, 0.2) is 0 Å². The summed E-state index contributed by atoms with van der Waals surface area (Å²) in [7, 11) is 3.37. The van der Waals surface area contributed by atoms with Gasteiger partial charge in [-0.2, -0.15) is 0 Å². The molecule has 2 aromatic rings. The molecule has 5 nitrogen and oxygen atoms in total. The highest BCUT2D eigenvalue weighted by Crippen LogP contribution is 2.26. The molecule has 0 unspecified atom stereocenters. The predicted molar refractivity (Wildman–Crippen MR) is 90.0 cm³/mol. The number of carbonyl (C=O) groups excluding carboxylic acids is 1. The van der Waals surface area contributed by atoms with E-state index in [2.05, 4.69) is 11.2 Å². The smallest absolute Gasteiger partial charge is 0.321 e. The molecular formula is C18H18N2O3. The Bertz CT molecular complexity index is 703. The van der Waals surface area contributed by atoms with E-state index in [9.17, 15) is 4.79 Å². The van der Waals surface area contributed by atoms with Crippen LogP contribution in [0.15, 0.2) is 48.5 Å². The first kappa shape index (κ1) is 16.2. The fraction of sp³-hybridized carbons (Fsp3) is 0.167. The van der Waals surface area contributed by atoms with Crippen molar-refractivity contribution in [2.24, 2.45) is 0 Å². The van der Waals surface area contributed by atoms with Crippen LogP contribution in [0, 0.1) is 12.3 Å². The van der Waals surface area contributed by atoms with Gasteiger partial charge in [-0.3, -0.25) is 0 Å². The first-order chi connectivity index (χ1) is 11.1. The van der Waals surface area contributed by atoms with E-state index in [4.69, 9.17) is 15.9 Å². The molecule has 5 heteroatoms. The summed E-state index contributed by atoms with van der Waals surface area (Å²) in [5.74, 6) is 4.36. The van der Waals surface area contributed by atoms with Crippen LogP contribution in [-0.2, 0) is 0 Å². The quantitative estimate of drug-likeness (QED) is 0.859. The predicted octanol–water partition coefficient (Wildman–Crippen LogP) is 3.58. The zero-order valence-electron chi connectivity index (χ0n) is 13.1. The lowest BCUT2D eigenvalue weighted by Crippen LogP contribution is -2.27. The molecule has 2 aromatic carbocycles. The second-order valence-corrected chi connectivity index (χ2v) is 4.92. The molecule has 0 spiro atoms. The first-order valence-corrected chi connectivity index (χ1v) is 7.01. The summed E-state index contributed by atoms with van der Waals surface area (Å²) in [4.78, 5) is 13.0. The summed E-state index contributed by atoms with van der Waals surface area (Å²) in [6.45, 7) is 0.212. The highest BCUT2D eigenvalue weighted by Gasteiger charge is 2.04. The molecule has 0 aliphatic carbocycles. The minimum Gasteiger partial charge on any atom is -0.481 e. The Balaban J connectivity index is 2.01. The fourth-order valence-corrected chi connectivity index (χ4v) is 1.73. The zero-order valence-corrected chi connectivity index (χ0v) is 13.1. The van der Waals surface area contributed by atoms with Crippen LogP contribution in [0.2, 0.25) is 0 Å². The summed E-state index contributed by atoms with van der Waals surface area (Å²) in [6.07, 6.45) is 5.17. The number of hydrogen-bond acceptors (Lipinski definition) is 3. The number of carbonyl (C=O) groups is 1. The molecule has 0 aliphatic rings. The van der Waals surface area contributed by atoms with Crippen molar-refractivity contribution in [1.29, 1.82) is 0 Å². The van der Waals surface area contributed by atoms with Crippen LogP contribution in [0.3, 0.4) is 0 Å². The first-order valence-electron chi connectivity index (χ1n) is 7.01. The number of nitrogens with one attached hydrogen (secondary N) is 1. The van der Waals surface area contributed by atoms with Crippen LogP contribution in [0.25, 0.3) is 0 Å². The molecular weight excluding hydrogens is 292 g/mol. The van der Waals surface area contributed by atoms with E-state index >= 15 is 0 Å². The minimum atomic E-state index is -0.183. The van der Waals surface area contributed by atoms with Crippen molar-refractivity contribution in [3.05, 3.63) is 48.5 Å². The maximum atomic E-state index is 11.6. The van der Waals surface area contributed by atoms with Gasteiger partial charge in [-0.25, -0.2) is 4.79 Å². The number of amides is 2. The molecule has 23 heavy (non-hydrogen) atoms. The van der Waals surface area contributed by atoms with Crippen LogP contribution in [0.5, 0.6) is 17.2 Å². The third-order valence-corrected chi connectivity index (χ3v) is 2.88. The molecule has 118 valence electrons. The lowest BCUT2D eigenvalue weighted by molar-refractivity contribution is 0.230. The van der Waals surface area contributed by atoms with Crippen molar-refractivity contribution in [3.8, 4) is 29.6 Å². The van der Waals surface area contributed by atoms with E-state index in [1.807, 2.05) is 18.2 Å². The second-order valence-electron chi connectivity index (χ2n) is 4.92. The Kier molecular flexibility index (Phi) is 5.48. The van der Waals surface area contributed by atoms with Crippen molar-refractivity contribution in [2.45, 2.75) is 0 Å². The summed E-state index contributed by atoms with van der Waals surface area (Å²) in [5.41, 5.74) is 0.696. The summed E-state index contributed by atoms with van der Waals surface area (Å²) >= 11 is 0. The zero-order chi connectivity index (χ0) is 16.7. The van der Waals surface area contributed by atoms with Gasteiger partial charge in [-0.1, -0.05) is 12.0 Å². The summed E-state index contributed by atoms with van der Waals surface area (Å²) in [6, 6.07) is 14.1. The number of benzene rings is 2. The molecule has 0 radical (unpaired) electrons. The summed E-state index contributed by atoms with van der Waals surface area (Å²) < 4.78 is 11.1. The number of urea groups is 1. The van der Waals surface area contributed by atoms with Gasteiger partial charge < -0.3 is 19.7 Å². The van der Waals surface area contributed by atoms with Crippen molar-refractivity contribution in [2.75, 3.05) is 26.0 Å². The Morgan fingerprint density at radius 1 is 1.13 bits per heavy atom. The number of rotatable bonds is 5.